The molecule has 0 amide bonds. The summed E-state index contributed by atoms with van der Waals surface area (Å²) in [6.45, 7) is 7.38. The molecule has 19 heavy (non-hydrogen) atoms. The lowest BCUT2D eigenvalue weighted by atomic mass is 9.86. The first kappa shape index (κ1) is 15.5. The van der Waals surface area contributed by atoms with Crippen molar-refractivity contribution in [2.75, 3.05) is 6.54 Å². The first-order valence-corrected chi connectivity index (χ1v) is 6.56. The standard InChI is InChI=1S/C13H24N4O2/c1-10-8-16-11(19-10)9-15-7-5-4-6-13(2,3)12(14)17-18/h8,15,18H,4-7,9H2,1-3H3,(H2,14,17). The van der Waals surface area contributed by atoms with E-state index in [-0.39, 0.29) is 11.3 Å². The minimum atomic E-state index is -0.256. The molecule has 0 radical (unpaired) electrons. The number of rotatable bonds is 8. The summed E-state index contributed by atoms with van der Waals surface area (Å²) in [5, 5.41) is 15.0. The van der Waals surface area contributed by atoms with Crippen molar-refractivity contribution in [1.82, 2.24) is 10.3 Å². The Kier molecular flexibility index (Phi) is 5.82. The van der Waals surface area contributed by atoms with Crippen molar-refractivity contribution < 1.29 is 9.62 Å². The van der Waals surface area contributed by atoms with E-state index in [2.05, 4.69) is 15.5 Å². The Hall–Kier alpha value is -1.56. The molecule has 0 unspecified atom stereocenters. The van der Waals surface area contributed by atoms with Crippen molar-refractivity contribution in [3.63, 3.8) is 0 Å². The van der Waals surface area contributed by atoms with Gasteiger partial charge in [0.25, 0.3) is 0 Å². The lowest BCUT2D eigenvalue weighted by Crippen LogP contribution is -2.32. The van der Waals surface area contributed by atoms with Crippen LogP contribution in [0.2, 0.25) is 0 Å². The van der Waals surface area contributed by atoms with E-state index in [0.29, 0.717) is 6.54 Å². The van der Waals surface area contributed by atoms with Gasteiger partial charge in [-0.15, -0.1) is 0 Å². The first-order chi connectivity index (χ1) is 8.95. The summed E-state index contributed by atoms with van der Waals surface area (Å²) >= 11 is 0. The van der Waals surface area contributed by atoms with E-state index in [1.165, 1.54) is 0 Å². The second-order valence-electron chi connectivity index (χ2n) is 5.37. The molecule has 1 aromatic heterocycles. The fraction of sp³-hybridized carbons (Fsp3) is 0.692. The Bertz CT molecular complexity index is 413. The molecule has 6 heteroatoms. The Balaban J connectivity index is 2.11. The zero-order valence-electron chi connectivity index (χ0n) is 11.9. The number of aryl methyl sites for hydroxylation is 1. The largest absolute Gasteiger partial charge is 0.445 e. The number of nitrogens with one attached hydrogen (secondary N) is 1. The maximum Gasteiger partial charge on any atom is 0.208 e. The van der Waals surface area contributed by atoms with Crippen LogP contribution in [0.3, 0.4) is 0 Å². The molecular formula is C13H24N4O2. The monoisotopic (exact) mass is 268 g/mol. The smallest absolute Gasteiger partial charge is 0.208 e. The predicted molar refractivity (Wildman–Crippen MR) is 74.0 cm³/mol. The van der Waals surface area contributed by atoms with Gasteiger partial charge in [0.1, 0.15) is 11.6 Å². The van der Waals surface area contributed by atoms with Gasteiger partial charge in [0.2, 0.25) is 5.89 Å². The molecule has 1 aromatic rings. The molecule has 6 nitrogen and oxygen atoms in total. The number of amidine groups is 1. The molecule has 1 rings (SSSR count). The third-order valence-electron chi connectivity index (χ3n) is 3.15. The van der Waals surface area contributed by atoms with E-state index < -0.39 is 0 Å². The van der Waals surface area contributed by atoms with Gasteiger partial charge < -0.3 is 20.7 Å². The number of oxime groups is 1. The quantitative estimate of drug-likeness (QED) is 0.220. The average Bonchev–Trinajstić information content (AvgIpc) is 2.78. The fourth-order valence-electron chi connectivity index (χ4n) is 1.76. The SMILES string of the molecule is Cc1cnc(CNCCCCC(C)(C)C(N)=NO)o1. The molecular weight excluding hydrogens is 244 g/mol. The normalized spacial score (nSPS) is 12.9. The van der Waals surface area contributed by atoms with Gasteiger partial charge >= 0.3 is 0 Å². The minimum Gasteiger partial charge on any atom is -0.445 e. The number of nitrogens with two attached hydrogens (primary N) is 1. The predicted octanol–water partition coefficient (Wildman–Crippen LogP) is 2.02. The van der Waals surface area contributed by atoms with Crippen LogP contribution in [-0.2, 0) is 6.54 Å². The summed E-state index contributed by atoms with van der Waals surface area (Å²) in [6.07, 6.45) is 4.65. The van der Waals surface area contributed by atoms with E-state index in [0.717, 1.165) is 37.5 Å². The van der Waals surface area contributed by atoms with Crippen LogP contribution in [0.1, 0.15) is 44.8 Å². The molecule has 0 saturated carbocycles. The summed E-state index contributed by atoms with van der Waals surface area (Å²) in [5.41, 5.74) is 5.38. The highest BCUT2D eigenvalue weighted by atomic mass is 16.4. The summed E-state index contributed by atoms with van der Waals surface area (Å²) in [6, 6.07) is 0. The molecule has 0 aliphatic heterocycles. The molecule has 0 aromatic carbocycles. The topological polar surface area (TPSA) is 96.7 Å². The number of hydrogen-bond acceptors (Lipinski definition) is 5. The molecule has 0 spiro atoms. The van der Waals surface area contributed by atoms with Gasteiger partial charge in [0.15, 0.2) is 0 Å². The van der Waals surface area contributed by atoms with Crippen LogP contribution < -0.4 is 11.1 Å². The van der Waals surface area contributed by atoms with E-state index in [9.17, 15) is 0 Å². The van der Waals surface area contributed by atoms with Crippen LogP contribution in [0.15, 0.2) is 15.8 Å². The van der Waals surface area contributed by atoms with Gasteiger partial charge in [-0.05, 0) is 26.3 Å². The average molecular weight is 268 g/mol. The zero-order chi connectivity index (χ0) is 14.3. The van der Waals surface area contributed by atoms with Crippen LogP contribution in [0.25, 0.3) is 0 Å². The number of aromatic nitrogens is 1. The van der Waals surface area contributed by atoms with E-state index >= 15 is 0 Å². The number of oxazole rings is 1. The maximum absolute atomic E-state index is 8.67. The Morgan fingerprint density at radius 3 is 2.84 bits per heavy atom. The van der Waals surface area contributed by atoms with E-state index in [1.54, 1.807) is 6.20 Å². The number of hydrogen-bond donors (Lipinski definition) is 3. The van der Waals surface area contributed by atoms with Crippen molar-refractivity contribution in [3.8, 4) is 0 Å². The van der Waals surface area contributed by atoms with Crippen LogP contribution >= 0.6 is 0 Å². The van der Waals surface area contributed by atoms with Gasteiger partial charge in [0.05, 0.1) is 12.7 Å². The highest BCUT2D eigenvalue weighted by Gasteiger charge is 2.22. The first-order valence-electron chi connectivity index (χ1n) is 6.56. The highest BCUT2D eigenvalue weighted by molar-refractivity contribution is 5.85. The Labute approximate surface area is 114 Å². The molecule has 0 aliphatic rings. The summed E-state index contributed by atoms with van der Waals surface area (Å²) in [4.78, 5) is 4.12. The van der Waals surface area contributed by atoms with Crippen molar-refractivity contribution in [2.45, 2.75) is 46.6 Å². The molecule has 0 saturated heterocycles. The zero-order valence-corrected chi connectivity index (χ0v) is 11.9. The molecule has 108 valence electrons. The van der Waals surface area contributed by atoms with Crippen LogP contribution in [0, 0.1) is 12.3 Å². The van der Waals surface area contributed by atoms with Crippen molar-refractivity contribution >= 4 is 5.84 Å². The molecule has 0 atom stereocenters. The molecule has 0 fully saturated rings. The van der Waals surface area contributed by atoms with Gasteiger partial charge in [-0.25, -0.2) is 4.98 Å². The van der Waals surface area contributed by atoms with Crippen molar-refractivity contribution in [3.05, 3.63) is 17.8 Å². The third-order valence-corrected chi connectivity index (χ3v) is 3.15. The van der Waals surface area contributed by atoms with Crippen molar-refractivity contribution in [2.24, 2.45) is 16.3 Å². The van der Waals surface area contributed by atoms with Crippen molar-refractivity contribution in [1.29, 1.82) is 0 Å². The molecule has 1 heterocycles. The second kappa shape index (κ2) is 7.13. The minimum absolute atomic E-state index is 0.256. The summed E-state index contributed by atoms with van der Waals surface area (Å²) in [5.74, 6) is 1.84. The Morgan fingerprint density at radius 1 is 1.53 bits per heavy atom. The van der Waals surface area contributed by atoms with Gasteiger partial charge in [-0.2, -0.15) is 0 Å². The number of unbranched alkanes of at least 4 members (excludes halogenated alkanes) is 1. The lowest BCUT2D eigenvalue weighted by molar-refractivity contribution is 0.304. The van der Waals surface area contributed by atoms with E-state index in [1.807, 2.05) is 20.8 Å². The molecule has 0 aliphatic carbocycles. The van der Waals surface area contributed by atoms with E-state index in [4.69, 9.17) is 15.4 Å². The molecule has 0 bridgehead atoms. The maximum atomic E-state index is 8.67. The molecule has 4 N–H and O–H groups in total. The van der Waals surface area contributed by atoms with Crippen LogP contribution in [0.5, 0.6) is 0 Å². The second-order valence-corrected chi connectivity index (χ2v) is 5.37. The van der Waals surface area contributed by atoms with Crippen LogP contribution in [-0.4, -0.2) is 22.6 Å². The van der Waals surface area contributed by atoms with Gasteiger partial charge in [0, 0.05) is 5.41 Å². The number of nitrogens with zero attached hydrogens (tertiary/aromatic N) is 2. The highest BCUT2D eigenvalue weighted by Crippen LogP contribution is 2.23. The lowest BCUT2D eigenvalue weighted by Gasteiger charge is -2.22. The summed E-state index contributed by atoms with van der Waals surface area (Å²) < 4.78 is 5.36. The van der Waals surface area contributed by atoms with Gasteiger partial charge in [-0.3, -0.25) is 0 Å². The van der Waals surface area contributed by atoms with Crippen LogP contribution in [0.4, 0.5) is 0 Å². The fourth-order valence-corrected chi connectivity index (χ4v) is 1.76. The summed E-state index contributed by atoms with van der Waals surface area (Å²) in [7, 11) is 0. The third kappa shape index (κ3) is 5.30. The Morgan fingerprint density at radius 2 is 2.26 bits per heavy atom. The van der Waals surface area contributed by atoms with Gasteiger partial charge in [-0.1, -0.05) is 25.4 Å².